The van der Waals surface area contributed by atoms with Crippen LogP contribution in [0.15, 0.2) is 43.2 Å². The molecule has 2 aromatic heterocycles. The Balaban J connectivity index is 1.94. The number of aromatic nitrogens is 3. The average Bonchev–Trinajstić information content (AvgIpc) is 2.71. The topological polar surface area (TPSA) is 47.8 Å². The fourth-order valence-corrected chi connectivity index (χ4v) is 1.37. The molecule has 0 radical (unpaired) electrons. The highest BCUT2D eigenvalue weighted by molar-refractivity contribution is 5.80. The van der Waals surface area contributed by atoms with Crippen LogP contribution in [0.2, 0.25) is 0 Å². The summed E-state index contributed by atoms with van der Waals surface area (Å²) in [6, 6.07) is 3.73. The van der Waals surface area contributed by atoms with Gasteiger partial charge >= 0.3 is 0 Å². The first-order chi connectivity index (χ1) is 7.34. The van der Waals surface area contributed by atoms with E-state index in [1.54, 1.807) is 35.7 Å². The molecule has 0 unspecified atom stereocenters. The number of hydrogen-bond donors (Lipinski definition) is 0. The minimum Gasteiger partial charge on any atom is -0.330 e. The van der Waals surface area contributed by atoms with Crippen LogP contribution in [0.5, 0.6) is 0 Å². The maximum absolute atomic E-state index is 11.6. The third-order valence-corrected chi connectivity index (χ3v) is 2.04. The standard InChI is InChI=1S/C11H11N3O/c15-11(8-14-5-4-13-9-14)6-10-2-1-3-12-7-10/h1-5,7,9H,6,8H2. The van der Waals surface area contributed by atoms with E-state index in [9.17, 15) is 4.79 Å². The molecule has 0 amide bonds. The van der Waals surface area contributed by atoms with Crippen molar-refractivity contribution in [2.45, 2.75) is 13.0 Å². The molecule has 0 fully saturated rings. The number of rotatable bonds is 4. The summed E-state index contributed by atoms with van der Waals surface area (Å²) in [5.41, 5.74) is 0.947. The van der Waals surface area contributed by atoms with E-state index < -0.39 is 0 Å². The van der Waals surface area contributed by atoms with Crippen LogP contribution >= 0.6 is 0 Å². The lowest BCUT2D eigenvalue weighted by molar-refractivity contribution is -0.119. The molecule has 76 valence electrons. The maximum Gasteiger partial charge on any atom is 0.156 e. The van der Waals surface area contributed by atoms with Crippen LogP contribution in [0.25, 0.3) is 0 Å². The molecule has 2 rings (SSSR count). The van der Waals surface area contributed by atoms with Crippen molar-refractivity contribution in [1.82, 2.24) is 14.5 Å². The second kappa shape index (κ2) is 4.50. The molecule has 2 aromatic rings. The van der Waals surface area contributed by atoms with E-state index >= 15 is 0 Å². The van der Waals surface area contributed by atoms with Crippen molar-refractivity contribution in [3.05, 3.63) is 48.8 Å². The van der Waals surface area contributed by atoms with Crippen LogP contribution in [0.4, 0.5) is 0 Å². The highest BCUT2D eigenvalue weighted by atomic mass is 16.1. The smallest absolute Gasteiger partial charge is 0.156 e. The lowest BCUT2D eigenvalue weighted by Crippen LogP contribution is -2.11. The van der Waals surface area contributed by atoms with Gasteiger partial charge in [0.2, 0.25) is 0 Å². The number of carbonyl (C=O) groups excluding carboxylic acids is 1. The Morgan fingerprint density at radius 1 is 1.33 bits per heavy atom. The molecule has 15 heavy (non-hydrogen) atoms. The van der Waals surface area contributed by atoms with Crippen LogP contribution in [-0.4, -0.2) is 20.3 Å². The van der Waals surface area contributed by atoms with E-state index in [2.05, 4.69) is 9.97 Å². The van der Waals surface area contributed by atoms with Gasteiger partial charge in [-0.2, -0.15) is 0 Å². The SMILES string of the molecule is O=C(Cc1cccnc1)Cn1ccnc1. The molecule has 0 bridgehead atoms. The molecule has 4 nitrogen and oxygen atoms in total. The van der Waals surface area contributed by atoms with E-state index in [1.165, 1.54) is 0 Å². The largest absolute Gasteiger partial charge is 0.330 e. The fraction of sp³-hybridized carbons (Fsp3) is 0.182. The Kier molecular flexibility index (Phi) is 2.88. The zero-order valence-corrected chi connectivity index (χ0v) is 8.21. The quantitative estimate of drug-likeness (QED) is 0.744. The summed E-state index contributed by atoms with van der Waals surface area (Å²) >= 11 is 0. The summed E-state index contributed by atoms with van der Waals surface area (Å²) < 4.78 is 1.76. The first-order valence-electron chi connectivity index (χ1n) is 4.71. The first-order valence-corrected chi connectivity index (χ1v) is 4.71. The highest BCUT2D eigenvalue weighted by Crippen LogP contribution is 1.99. The van der Waals surface area contributed by atoms with Crippen LogP contribution in [0.1, 0.15) is 5.56 Å². The van der Waals surface area contributed by atoms with Crippen molar-refractivity contribution in [2.75, 3.05) is 0 Å². The molecule has 2 heterocycles. The summed E-state index contributed by atoms with van der Waals surface area (Å²) in [5.74, 6) is 0.154. The van der Waals surface area contributed by atoms with Gasteiger partial charge in [-0.05, 0) is 11.6 Å². The molecule has 0 spiro atoms. The number of hydrogen-bond acceptors (Lipinski definition) is 3. The van der Waals surface area contributed by atoms with Crippen molar-refractivity contribution < 1.29 is 4.79 Å². The van der Waals surface area contributed by atoms with Crippen molar-refractivity contribution in [2.24, 2.45) is 0 Å². The normalized spacial score (nSPS) is 10.1. The summed E-state index contributed by atoms with van der Waals surface area (Å²) in [6.07, 6.45) is 8.92. The van der Waals surface area contributed by atoms with Gasteiger partial charge in [-0.1, -0.05) is 6.07 Å². The average molecular weight is 201 g/mol. The van der Waals surface area contributed by atoms with Gasteiger partial charge in [0.1, 0.15) is 0 Å². The third kappa shape index (κ3) is 2.74. The van der Waals surface area contributed by atoms with Gasteiger partial charge in [0.05, 0.1) is 12.9 Å². The molecule has 4 heteroatoms. The van der Waals surface area contributed by atoms with Gasteiger partial charge in [0, 0.05) is 31.2 Å². The lowest BCUT2D eigenvalue weighted by Gasteiger charge is -2.01. The maximum atomic E-state index is 11.6. The Labute approximate surface area is 87.6 Å². The number of pyridine rings is 1. The number of nitrogens with zero attached hydrogens (tertiary/aromatic N) is 3. The molecule has 0 saturated heterocycles. The molecular formula is C11H11N3O. The number of imidazole rings is 1. The summed E-state index contributed by atoms with van der Waals surface area (Å²) in [5, 5.41) is 0. The van der Waals surface area contributed by atoms with E-state index in [1.807, 2.05) is 12.1 Å². The molecule has 0 aromatic carbocycles. The third-order valence-electron chi connectivity index (χ3n) is 2.04. The van der Waals surface area contributed by atoms with Crippen molar-refractivity contribution in [1.29, 1.82) is 0 Å². The fourth-order valence-electron chi connectivity index (χ4n) is 1.37. The van der Waals surface area contributed by atoms with Gasteiger partial charge in [0.25, 0.3) is 0 Å². The number of ketones is 1. The van der Waals surface area contributed by atoms with E-state index in [0.29, 0.717) is 13.0 Å². The van der Waals surface area contributed by atoms with E-state index in [4.69, 9.17) is 0 Å². The summed E-state index contributed by atoms with van der Waals surface area (Å²) in [7, 11) is 0. The predicted molar refractivity (Wildman–Crippen MR) is 55.2 cm³/mol. The molecule has 0 saturated carbocycles. The zero-order valence-electron chi connectivity index (χ0n) is 8.21. The predicted octanol–water partition coefficient (Wildman–Crippen LogP) is 1.09. The van der Waals surface area contributed by atoms with Crippen LogP contribution in [-0.2, 0) is 17.8 Å². The summed E-state index contributed by atoms with van der Waals surface area (Å²) in [4.78, 5) is 19.4. The molecule has 0 aliphatic heterocycles. The van der Waals surface area contributed by atoms with Crippen LogP contribution in [0, 0.1) is 0 Å². The Bertz CT molecular complexity index is 422. The number of carbonyl (C=O) groups is 1. The minimum absolute atomic E-state index is 0.154. The zero-order chi connectivity index (χ0) is 10.5. The molecule has 0 aliphatic carbocycles. The Morgan fingerprint density at radius 3 is 2.93 bits per heavy atom. The lowest BCUT2D eigenvalue weighted by atomic mass is 10.1. The van der Waals surface area contributed by atoms with Gasteiger partial charge < -0.3 is 4.57 Å². The van der Waals surface area contributed by atoms with Crippen molar-refractivity contribution in [3.63, 3.8) is 0 Å². The van der Waals surface area contributed by atoms with Gasteiger partial charge in [-0.15, -0.1) is 0 Å². The minimum atomic E-state index is 0.154. The first kappa shape index (κ1) is 9.58. The molecule has 0 aliphatic rings. The monoisotopic (exact) mass is 201 g/mol. The highest BCUT2D eigenvalue weighted by Gasteiger charge is 2.03. The molecule has 0 atom stereocenters. The van der Waals surface area contributed by atoms with Crippen molar-refractivity contribution in [3.8, 4) is 0 Å². The Hall–Kier alpha value is -1.97. The molecular weight excluding hydrogens is 190 g/mol. The van der Waals surface area contributed by atoms with Crippen LogP contribution < -0.4 is 0 Å². The van der Waals surface area contributed by atoms with Gasteiger partial charge in [-0.25, -0.2) is 4.98 Å². The van der Waals surface area contributed by atoms with Crippen LogP contribution in [0.3, 0.4) is 0 Å². The number of Topliss-reactive ketones (excluding diaryl/α,β-unsaturated/α-hetero) is 1. The Morgan fingerprint density at radius 2 is 2.27 bits per heavy atom. The second-order valence-electron chi connectivity index (χ2n) is 3.31. The van der Waals surface area contributed by atoms with E-state index in [0.717, 1.165) is 5.56 Å². The van der Waals surface area contributed by atoms with Crippen molar-refractivity contribution >= 4 is 5.78 Å². The van der Waals surface area contributed by atoms with Gasteiger partial charge in [0.15, 0.2) is 5.78 Å². The summed E-state index contributed by atoms with van der Waals surface area (Å²) in [6.45, 7) is 0.370. The van der Waals surface area contributed by atoms with Gasteiger partial charge in [-0.3, -0.25) is 9.78 Å². The van der Waals surface area contributed by atoms with E-state index in [-0.39, 0.29) is 5.78 Å². The second-order valence-corrected chi connectivity index (χ2v) is 3.31. The molecule has 0 N–H and O–H groups in total.